The van der Waals surface area contributed by atoms with Gasteiger partial charge in [0.1, 0.15) is 11.6 Å². The van der Waals surface area contributed by atoms with Gasteiger partial charge in [0.2, 0.25) is 0 Å². The highest BCUT2D eigenvalue weighted by molar-refractivity contribution is 5.74. The molecule has 0 heterocycles. The molecular formula is C16H22F2N2O2. The Labute approximate surface area is 128 Å². The fraction of sp³-hybridized carbons (Fsp3) is 0.562. The zero-order chi connectivity index (χ0) is 15.9. The molecule has 0 saturated heterocycles. The molecule has 0 spiro atoms. The maximum absolute atomic E-state index is 13.4. The molecule has 122 valence electrons. The van der Waals surface area contributed by atoms with Crippen molar-refractivity contribution >= 4 is 6.03 Å². The van der Waals surface area contributed by atoms with Crippen molar-refractivity contribution in [3.8, 4) is 0 Å². The van der Waals surface area contributed by atoms with Crippen LogP contribution in [0, 0.1) is 17.6 Å². The molecule has 1 aliphatic carbocycles. The van der Waals surface area contributed by atoms with Gasteiger partial charge in [0.25, 0.3) is 0 Å². The van der Waals surface area contributed by atoms with E-state index < -0.39 is 11.6 Å². The number of aliphatic hydroxyl groups excluding tert-OH is 1. The van der Waals surface area contributed by atoms with Gasteiger partial charge in [-0.1, -0.05) is 18.9 Å². The largest absolute Gasteiger partial charge is 0.396 e. The van der Waals surface area contributed by atoms with Crippen LogP contribution >= 0.6 is 0 Å². The number of urea groups is 1. The van der Waals surface area contributed by atoms with Gasteiger partial charge in [-0.05, 0) is 30.9 Å². The topological polar surface area (TPSA) is 61.4 Å². The summed E-state index contributed by atoms with van der Waals surface area (Å²) in [6.07, 6.45) is 4.21. The minimum atomic E-state index is -0.612. The standard InChI is InChI=1S/C16H22F2N2O2/c17-13-6-5-11(14(18)9-13)7-8-19-16(22)20-15-4-2-1-3-12(15)10-21/h5-6,9,12,15,21H,1-4,7-8,10H2,(H2,19,20,22). The highest BCUT2D eigenvalue weighted by Gasteiger charge is 2.25. The van der Waals surface area contributed by atoms with Crippen LogP contribution in [0.5, 0.6) is 0 Å². The van der Waals surface area contributed by atoms with E-state index in [2.05, 4.69) is 10.6 Å². The van der Waals surface area contributed by atoms with E-state index in [0.29, 0.717) is 12.0 Å². The number of carbonyl (C=O) groups excluding carboxylic acids is 1. The number of carbonyl (C=O) groups is 1. The second-order valence-electron chi connectivity index (χ2n) is 5.72. The Morgan fingerprint density at radius 2 is 2.05 bits per heavy atom. The van der Waals surface area contributed by atoms with Crippen LogP contribution in [0.4, 0.5) is 13.6 Å². The number of aliphatic hydroxyl groups is 1. The number of amides is 2. The minimum absolute atomic E-state index is 0.0127. The second-order valence-corrected chi connectivity index (χ2v) is 5.72. The number of nitrogens with one attached hydrogen (secondary N) is 2. The third kappa shape index (κ3) is 4.66. The van der Waals surface area contributed by atoms with Crippen LogP contribution < -0.4 is 10.6 Å². The highest BCUT2D eigenvalue weighted by Crippen LogP contribution is 2.23. The number of rotatable bonds is 5. The Balaban J connectivity index is 1.75. The molecule has 2 unspecified atom stereocenters. The lowest BCUT2D eigenvalue weighted by Crippen LogP contribution is -2.48. The molecule has 1 aliphatic rings. The minimum Gasteiger partial charge on any atom is -0.396 e. The molecule has 2 amide bonds. The third-order valence-electron chi connectivity index (χ3n) is 4.16. The van der Waals surface area contributed by atoms with Gasteiger partial charge in [-0.25, -0.2) is 13.6 Å². The van der Waals surface area contributed by atoms with Crippen molar-refractivity contribution in [2.24, 2.45) is 5.92 Å². The zero-order valence-corrected chi connectivity index (χ0v) is 12.4. The summed E-state index contributed by atoms with van der Waals surface area (Å²) in [5, 5.41) is 14.8. The Hall–Kier alpha value is -1.69. The molecule has 3 N–H and O–H groups in total. The Bertz CT molecular complexity index is 511. The van der Waals surface area contributed by atoms with Gasteiger partial charge in [0, 0.05) is 31.2 Å². The zero-order valence-electron chi connectivity index (χ0n) is 12.4. The molecule has 22 heavy (non-hydrogen) atoms. The monoisotopic (exact) mass is 312 g/mol. The highest BCUT2D eigenvalue weighted by atomic mass is 19.1. The summed E-state index contributed by atoms with van der Waals surface area (Å²) in [7, 11) is 0. The number of hydrogen-bond donors (Lipinski definition) is 3. The summed E-state index contributed by atoms with van der Waals surface area (Å²) in [6.45, 7) is 0.344. The molecule has 1 aromatic carbocycles. The van der Waals surface area contributed by atoms with Crippen LogP contribution in [0.25, 0.3) is 0 Å². The molecule has 0 bridgehead atoms. The van der Waals surface area contributed by atoms with E-state index in [4.69, 9.17) is 0 Å². The molecule has 0 aliphatic heterocycles. The predicted molar refractivity (Wildman–Crippen MR) is 79.4 cm³/mol. The molecule has 0 aromatic heterocycles. The normalized spacial score (nSPS) is 21.4. The summed E-state index contributed by atoms with van der Waals surface area (Å²) >= 11 is 0. The van der Waals surface area contributed by atoms with Crippen LogP contribution in [0.2, 0.25) is 0 Å². The number of benzene rings is 1. The van der Waals surface area contributed by atoms with Crippen molar-refractivity contribution in [2.75, 3.05) is 13.2 Å². The first kappa shape index (κ1) is 16.7. The molecular weight excluding hydrogens is 290 g/mol. The lowest BCUT2D eigenvalue weighted by molar-refractivity contribution is 0.154. The predicted octanol–water partition coefficient (Wildman–Crippen LogP) is 2.36. The molecule has 2 rings (SSSR count). The summed E-state index contributed by atoms with van der Waals surface area (Å²) < 4.78 is 26.2. The maximum Gasteiger partial charge on any atom is 0.315 e. The van der Waals surface area contributed by atoms with E-state index in [1.807, 2.05) is 0 Å². The lowest BCUT2D eigenvalue weighted by Gasteiger charge is -2.30. The van der Waals surface area contributed by atoms with Gasteiger partial charge in [0.05, 0.1) is 0 Å². The number of halogens is 2. The van der Waals surface area contributed by atoms with Crippen molar-refractivity contribution in [1.82, 2.24) is 10.6 Å². The fourth-order valence-electron chi connectivity index (χ4n) is 2.87. The van der Waals surface area contributed by atoms with E-state index in [1.165, 1.54) is 12.1 Å². The van der Waals surface area contributed by atoms with Gasteiger partial charge in [0.15, 0.2) is 0 Å². The van der Waals surface area contributed by atoms with Crippen molar-refractivity contribution in [2.45, 2.75) is 38.1 Å². The van der Waals surface area contributed by atoms with Gasteiger partial charge >= 0.3 is 6.03 Å². The van der Waals surface area contributed by atoms with E-state index in [1.54, 1.807) is 0 Å². The van der Waals surface area contributed by atoms with Crippen molar-refractivity contribution in [3.05, 3.63) is 35.4 Å². The van der Waals surface area contributed by atoms with Crippen molar-refractivity contribution in [3.63, 3.8) is 0 Å². The van der Waals surface area contributed by atoms with Crippen LogP contribution in [0.1, 0.15) is 31.2 Å². The molecule has 0 radical (unpaired) electrons. The third-order valence-corrected chi connectivity index (χ3v) is 4.16. The van der Waals surface area contributed by atoms with Crippen molar-refractivity contribution in [1.29, 1.82) is 0 Å². The van der Waals surface area contributed by atoms with Crippen molar-refractivity contribution < 1.29 is 18.7 Å². The first-order chi connectivity index (χ1) is 10.6. The summed E-state index contributed by atoms with van der Waals surface area (Å²) in [5.41, 5.74) is 0.368. The summed E-state index contributed by atoms with van der Waals surface area (Å²) in [6, 6.07) is 3.09. The Morgan fingerprint density at radius 3 is 2.77 bits per heavy atom. The fourth-order valence-corrected chi connectivity index (χ4v) is 2.87. The first-order valence-corrected chi connectivity index (χ1v) is 7.69. The summed E-state index contributed by atoms with van der Waals surface area (Å²) in [5.74, 6) is -1.11. The van der Waals surface area contributed by atoms with Crippen LogP contribution in [0.15, 0.2) is 18.2 Å². The summed E-state index contributed by atoms with van der Waals surface area (Å²) in [4.78, 5) is 11.8. The van der Waals surface area contributed by atoms with Gasteiger partial charge in [-0.2, -0.15) is 0 Å². The number of hydrogen-bond acceptors (Lipinski definition) is 2. The van der Waals surface area contributed by atoms with E-state index >= 15 is 0 Å². The molecule has 2 atom stereocenters. The molecule has 1 aromatic rings. The molecule has 1 fully saturated rings. The average Bonchev–Trinajstić information content (AvgIpc) is 2.50. The van der Waals surface area contributed by atoms with Crippen LogP contribution in [-0.2, 0) is 6.42 Å². The second kappa shape index (κ2) is 8.08. The first-order valence-electron chi connectivity index (χ1n) is 7.69. The maximum atomic E-state index is 13.4. The van der Waals surface area contributed by atoms with Crippen LogP contribution in [-0.4, -0.2) is 30.3 Å². The Morgan fingerprint density at radius 1 is 1.27 bits per heavy atom. The molecule has 1 saturated carbocycles. The van der Waals surface area contributed by atoms with Gasteiger partial charge < -0.3 is 15.7 Å². The van der Waals surface area contributed by atoms with E-state index in [-0.39, 0.29) is 31.1 Å². The van der Waals surface area contributed by atoms with E-state index in [0.717, 1.165) is 31.7 Å². The lowest BCUT2D eigenvalue weighted by atomic mass is 9.85. The van der Waals surface area contributed by atoms with Gasteiger partial charge in [-0.15, -0.1) is 0 Å². The quantitative estimate of drug-likeness (QED) is 0.781. The van der Waals surface area contributed by atoms with Crippen LogP contribution in [0.3, 0.4) is 0 Å². The molecule has 4 nitrogen and oxygen atoms in total. The Kier molecular flexibility index (Phi) is 6.12. The average molecular weight is 312 g/mol. The SMILES string of the molecule is O=C(NCCc1ccc(F)cc1F)NC1CCCCC1CO. The smallest absolute Gasteiger partial charge is 0.315 e. The van der Waals surface area contributed by atoms with E-state index in [9.17, 15) is 18.7 Å². The molecule has 6 heteroatoms. The van der Waals surface area contributed by atoms with Gasteiger partial charge in [-0.3, -0.25) is 0 Å².